The molecule has 8 heteroatoms. The monoisotopic (exact) mass is 520 g/mol. The van der Waals surface area contributed by atoms with E-state index in [1.54, 1.807) is 0 Å². The lowest BCUT2D eigenvalue weighted by Crippen LogP contribution is -2.37. The molecule has 208 valence electrons. The van der Waals surface area contributed by atoms with E-state index in [2.05, 4.69) is 31.2 Å². The average molecular weight is 521 g/mol. The van der Waals surface area contributed by atoms with Gasteiger partial charge in [-0.15, -0.1) is 0 Å². The molecule has 0 aromatic rings. The summed E-state index contributed by atoms with van der Waals surface area (Å²) in [6.45, 7) is 3.95. The summed E-state index contributed by atoms with van der Waals surface area (Å²) >= 11 is 0. The molecule has 1 N–H and O–H groups in total. The van der Waals surface area contributed by atoms with Crippen molar-refractivity contribution in [3.8, 4) is 0 Å². The maximum absolute atomic E-state index is 12.2. The van der Waals surface area contributed by atoms with Crippen molar-refractivity contribution in [3.05, 3.63) is 24.3 Å². The Hall–Kier alpha value is -0.530. The fourth-order valence-electron chi connectivity index (χ4n) is 3.31. The number of rotatable bonds is 25. The van der Waals surface area contributed by atoms with E-state index in [9.17, 15) is 9.46 Å². The predicted octanol–water partition coefficient (Wildman–Crippen LogP) is 6.67. The van der Waals surface area contributed by atoms with Crippen LogP contribution in [0.1, 0.15) is 84.0 Å². The molecule has 0 aliphatic carbocycles. The molecule has 0 aromatic carbocycles. The van der Waals surface area contributed by atoms with Crippen LogP contribution in [-0.4, -0.2) is 76.7 Å². The Labute approximate surface area is 216 Å². The molecule has 0 aliphatic heterocycles. The normalized spacial score (nSPS) is 15.3. The van der Waals surface area contributed by atoms with Gasteiger partial charge in [-0.3, -0.25) is 9.05 Å². The van der Waals surface area contributed by atoms with E-state index in [-0.39, 0.29) is 19.8 Å². The van der Waals surface area contributed by atoms with Crippen LogP contribution >= 0.6 is 7.82 Å². The number of methoxy groups -OCH3 is 1. The summed E-state index contributed by atoms with van der Waals surface area (Å²) in [5.74, 6) is 0. The predicted molar refractivity (Wildman–Crippen MR) is 146 cm³/mol. The first-order valence-corrected chi connectivity index (χ1v) is 15.0. The minimum Gasteiger partial charge on any atom is -0.382 e. The lowest BCUT2D eigenvalue weighted by molar-refractivity contribution is -0.870. The molecule has 0 aliphatic rings. The number of phosphoric ester groups is 1. The Bertz CT molecular complexity index is 577. The van der Waals surface area contributed by atoms with E-state index >= 15 is 0 Å². The maximum atomic E-state index is 12.2. The van der Waals surface area contributed by atoms with Gasteiger partial charge in [-0.2, -0.15) is 0 Å². The first-order chi connectivity index (χ1) is 16.7. The first kappa shape index (κ1) is 34.5. The molecule has 0 spiro atoms. The van der Waals surface area contributed by atoms with Gasteiger partial charge in [0.25, 0.3) is 0 Å². The number of phosphoric acid groups is 1. The number of ether oxygens (including phenoxy) is 2. The molecule has 0 aromatic heterocycles. The van der Waals surface area contributed by atoms with Crippen LogP contribution in [-0.2, 0) is 23.1 Å². The van der Waals surface area contributed by atoms with Gasteiger partial charge in [0.15, 0.2) is 0 Å². The SMILES string of the molecule is CCCCC/C=C\CCCC/C=C\CCCCCOC[C@H](COC)OP(=O)(O)OCC[N+](C)(C)C. The van der Waals surface area contributed by atoms with Gasteiger partial charge in [-0.05, 0) is 57.8 Å². The number of hydrogen-bond donors (Lipinski definition) is 1. The number of allylic oxidation sites excluding steroid dienone is 4. The van der Waals surface area contributed by atoms with Crippen LogP contribution in [0.3, 0.4) is 0 Å². The second-order valence-electron chi connectivity index (χ2n) is 10.1. The molecule has 1 unspecified atom stereocenters. The van der Waals surface area contributed by atoms with Crippen molar-refractivity contribution < 1.29 is 32.5 Å². The third-order valence-electron chi connectivity index (χ3n) is 5.41. The van der Waals surface area contributed by atoms with Gasteiger partial charge in [0.1, 0.15) is 19.3 Å². The second-order valence-corrected chi connectivity index (χ2v) is 11.6. The molecular weight excluding hydrogens is 465 g/mol. The van der Waals surface area contributed by atoms with Gasteiger partial charge >= 0.3 is 7.82 Å². The standard InChI is InChI=1S/C27H54NO6P/c1-6-7-8-9-10-11-12-13-14-15-16-17-18-19-20-21-23-32-26-27(25-31-5)34-35(29,30)33-24-22-28(2,3)4/h10-11,16-17,27H,6-9,12-15,18-26H2,1-5H3/p+1/b11-10-,17-16-/t27-/m0/s1. The number of unbranched alkanes of at least 4 members (excludes halogenated alkanes) is 9. The van der Waals surface area contributed by atoms with Gasteiger partial charge in [0.2, 0.25) is 0 Å². The smallest absolute Gasteiger partial charge is 0.382 e. The number of nitrogens with zero attached hydrogens (tertiary/aromatic N) is 1. The molecule has 0 saturated carbocycles. The zero-order chi connectivity index (χ0) is 26.3. The molecule has 0 rings (SSSR count). The molecule has 0 heterocycles. The minimum absolute atomic E-state index is 0.142. The minimum atomic E-state index is -4.14. The zero-order valence-corrected chi connectivity index (χ0v) is 24.2. The lowest BCUT2D eigenvalue weighted by atomic mass is 10.1. The highest BCUT2D eigenvalue weighted by molar-refractivity contribution is 7.47. The second kappa shape index (κ2) is 22.7. The summed E-state index contributed by atoms with van der Waals surface area (Å²) in [6.07, 6.45) is 23.0. The summed E-state index contributed by atoms with van der Waals surface area (Å²) in [4.78, 5) is 9.94. The topological polar surface area (TPSA) is 74.2 Å². The van der Waals surface area contributed by atoms with Crippen molar-refractivity contribution >= 4 is 7.82 Å². The Kier molecular flexibility index (Phi) is 22.3. The molecule has 0 bridgehead atoms. The number of quaternary nitrogens is 1. The van der Waals surface area contributed by atoms with E-state index < -0.39 is 13.9 Å². The van der Waals surface area contributed by atoms with Crippen LogP contribution in [0.5, 0.6) is 0 Å². The molecular formula is C27H55NO6P+. The van der Waals surface area contributed by atoms with Crippen LogP contribution in [0.4, 0.5) is 0 Å². The lowest BCUT2D eigenvalue weighted by Gasteiger charge is -2.25. The Balaban J connectivity index is 3.73. The van der Waals surface area contributed by atoms with Crippen molar-refractivity contribution in [2.75, 3.05) is 61.2 Å². The Morgan fingerprint density at radius 2 is 1.34 bits per heavy atom. The van der Waals surface area contributed by atoms with Crippen LogP contribution < -0.4 is 0 Å². The molecule has 0 amide bonds. The summed E-state index contributed by atoms with van der Waals surface area (Å²) in [7, 11) is 3.35. The molecule has 0 radical (unpaired) electrons. The highest BCUT2D eigenvalue weighted by Gasteiger charge is 2.27. The highest BCUT2D eigenvalue weighted by Crippen LogP contribution is 2.44. The van der Waals surface area contributed by atoms with Gasteiger partial charge in [0.05, 0.1) is 34.4 Å². The van der Waals surface area contributed by atoms with Crippen LogP contribution in [0.2, 0.25) is 0 Å². The fourth-order valence-corrected chi connectivity index (χ4v) is 4.18. The van der Waals surface area contributed by atoms with Crippen LogP contribution in [0.25, 0.3) is 0 Å². The average Bonchev–Trinajstić information content (AvgIpc) is 2.77. The van der Waals surface area contributed by atoms with E-state index in [0.717, 1.165) is 25.7 Å². The van der Waals surface area contributed by atoms with E-state index in [0.29, 0.717) is 17.6 Å². The summed E-state index contributed by atoms with van der Waals surface area (Å²) in [5, 5.41) is 0. The van der Waals surface area contributed by atoms with Gasteiger partial charge in [-0.25, -0.2) is 4.57 Å². The number of likely N-dealkylation sites (N-methyl/N-ethyl adjacent to an activating group) is 1. The van der Waals surface area contributed by atoms with Gasteiger partial charge < -0.3 is 18.9 Å². The van der Waals surface area contributed by atoms with Crippen molar-refractivity contribution in [1.29, 1.82) is 0 Å². The summed E-state index contributed by atoms with van der Waals surface area (Å²) in [6, 6.07) is 0. The quantitative estimate of drug-likeness (QED) is 0.0627. The molecule has 0 saturated heterocycles. The van der Waals surface area contributed by atoms with Crippen LogP contribution in [0.15, 0.2) is 24.3 Å². The fraction of sp³-hybridized carbons (Fsp3) is 0.852. The van der Waals surface area contributed by atoms with Crippen molar-refractivity contribution in [3.63, 3.8) is 0 Å². The number of hydrogen-bond acceptors (Lipinski definition) is 5. The molecule has 7 nitrogen and oxygen atoms in total. The third kappa shape index (κ3) is 26.3. The maximum Gasteiger partial charge on any atom is 0.472 e. The van der Waals surface area contributed by atoms with Gasteiger partial charge in [-0.1, -0.05) is 50.5 Å². The summed E-state index contributed by atoms with van der Waals surface area (Å²) in [5.41, 5.74) is 0. The van der Waals surface area contributed by atoms with E-state index in [4.69, 9.17) is 18.5 Å². The van der Waals surface area contributed by atoms with Crippen molar-refractivity contribution in [2.45, 2.75) is 90.1 Å². The van der Waals surface area contributed by atoms with E-state index in [1.165, 1.54) is 58.5 Å². The highest BCUT2D eigenvalue weighted by atomic mass is 31.2. The first-order valence-electron chi connectivity index (χ1n) is 13.5. The molecule has 35 heavy (non-hydrogen) atoms. The zero-order valence-electron chi connectivity index (χ0n) is 23.3. The largest absolute Gasteiger partial charge is 0.472 e. The van der Waals surface area contributed by atoms with Gasteiger partial charge in [0, 0.05) is 13.7 Å². The van der Waals surface area contributed by atoms with Crippen molar-refractivity contribution in [2.24, 2.45) is 0 Å². The third-order valence-corrected chi connectivity index (χ3v) is 6.49. The molecule has 0 fully saturated rings. The van der Waals surface area contributed by atoms with E-state index in [1.807, 2.05) is 21.1 Å². The Morgan fingerprint density at radius 3 is 1.86 bits per heavy atom. The Morgan fingerprint density at radius 1 is 0.800 bits per heavy atom. The van der Waals surface area contributed by atoms with Crippen molar-refractivity contribution in [1.82, 2.24) is 0 Å². The molecule has 2 atom stereocenters. The van der Waals surface area contributed by atoms with Crippen LogP contribution in [0, 0.1) is 0 Å². The summed E-state index contributed by atoms with van der Waals surface area (Å²) < 4.78 is 33.9.